The van der Waals surface area contributed by atoms with Gasteiger partial charge in [-0.05, 0) is 35.7 Å². The molecule has 144 valence electrons. The second-order valence-electron chi connectivity index (χ2n) is 6.31. The van der Waals surface area contributed by atoms with Gasteiger partial charge in [-0.25, -0.2) is 9.18 Å². The van der Waals surface area contributed by atoms with E-state index in [4.69, 9.17) is 10.5 Å². The maximum absolute atomic E-state index is 13.2. The zero-order valence-electron chi connectivity index (χ0n) is 15.4. The smallest absolute Gasteiger partial charge is 0.312 e. The third-order valence-electron chi connectivity index (χ3n) is 4.19. The van der Waals surface area contributed by atoms with Crippen LogP contribution in [0.1, 0.15) is 25.8 Å². The average molecular weight is 373 g/mol. The van der Waals surface area contributed by atoms with Gasteiger partial charge in [-0.15, -0.1) is 0 Å². The predicted octanol–water partition coefficient (Wildman–Crippen LogP) is 3.43. The zero-order chi connectivity index (χ0) is 19.8. The van der Waals surface area contributed by atoms with Crippen molar-refractivity contribution in [1.82, 2.24) is 5.32 Å². The van der Waals surface area contributed by atoms with Crippen molar-refractivity contribution in [3.63, 3.8) is 0 Å². The Morgan fingerprint density at radius 3 is 2.59 bits per heavy atom. The minimum atomic E-state index is -0.743. The van der Waals surface area contributed by atoms with E-state index in [-0.39, 0.29) is 24.2 Å². The van der Waals surface area contributed by atoms with Gasteiger partial charge in [0.15, 0.2) is 0 Å². The third kappa shape index (κ3) is 6.29. The van der Waals surface area contributed by atoms with Gasteiger partial charge in [-0.3, -0.25) is 4.79 Å². The number of hydrogen-bond donors (Lipinski definition) is 3. The van der Waals surface area contributed by atoms with Crippen LogP contribution in [0.3, 0.4) is 0 Å². The first kappa shape index (κ1) is 20.2. The number of rotatable bonds is 8. The first-order valence-electron chi connectivity index (χ1n) is 8.73. The molecule has 0 spiro atoms. The maximum atomic E-state index is 13.2. The Hall–Kier alpha value is -3.09. The molecule has 0 fully saturated rings. The number of carbonyl (C=O) groups excluding carboxylic acids is 2. The Kier molecular flexibility index (Phi) is 7.16. The SMILES string of the molecule is CCC(C)C(NC(N)=O)C(=O)Nc1cccc(COc2cccc(F)c2)c1. The molecule has 0 saturated carbocycles. The summed E-state index contributed by atoms with van der Waals surface area (Å²) in [5.41, 5.74) is 6.55. The molecular formula is C20H24FN3O3. The van der Waals surface area contributed by atoms with Crippen LogP contribution in [0.15, 0.2) is 48.5 Å². The van der Waals surface area contributed by atoms with Gasteiger partial charge in [0.1, 0.15) is 24.2 Å². The highest BCUT2D eigenvalue weighted by molar-refractivity contribution is 5.97. The normalized spacial score (nSPS) is 12.7. The highest BCUT2D eigenvalue weighted by Crippen LogP contribution is 2.17. The number of carbonyl (C=O) groups is 2. The Morgan fingerprint density at radius 2 is 1.93 bits per heavy atom. The Morgan fingerprint density at radius 1 is 1.19 bits per heavy atom. The zero-order valence-corrected chi connectivity index (χ0v) is 15.4. The van der Waals surface area contributed by atoms with Crippen molar-refractivity contribution in [3.8, 4) is 5.75 Å². The summed E-state index contributed by atoms with van der Waals surface area (Å²) in [6.45, 7) is 4.02. The van der Waals surface area contributed by atoms with Gasteiger partial charge >= 0.3 is 6.03 Å². The Bertz CT molecular complexity index is 798. The second kappa shape index (κ2) is 9.56. The molecule has 0 bridgehead atoms. The molecule has 0 saturated heterocycles. The van der Waals surface area contributed by atoms with Crippen molar-refractivity contribution in [2.24, 2.45) is 11.7 Å². The fourth-order valence-electron chi connectivity index (χ4n) is 2.54. The highest BCUT2D eigenvalue weighted by atomic mass is 19.1. The monoisotopic (exact) mass is 373 g/mol. The van der Waals surface area contributed by atoms with Gasteiger partial charge in [0.25, 0.3) is 0 Å². The standard InChI is InChI=1S/C20H24FN3O3/c1-3-13(2)18(24-20(22)26)19(25)23-16-8-4-6-14(10-16)12-27-17-9-5-7-15(21)11-17/h4-11,13,18H,3,12H2,1-2H3,(H,23,25)(H3,22,24,26). The van der Waals surface area contributed by atoms with Crippen LogP contribution in [0.25, 0.3) is 0 Å². The molecular weight excluding hydrogens is 349 g/mol. The molecule has 0 aromatic heterocycles. The van der Waals surface area contributed by atoms with Crippen molar-refractivity contribution < 1.29 is 18.7 Å². The third-order valence-corrected chi connectivity index (χ3v) is 4.19. The largest absolute Gasteiger partial charge is 0.489 e. The minimum Gasteiger partial charge on any atom is -0.489 e. The van der Waals surface area contributed by atoms with E-state index < -0.39 is 12.1 Å². The fraction of sp³-hybridized carbons (Fsp3) is 0.300. The van der Waals surface area contributed by atoms with Crippen LogP contribution >= 0.6 is 0 Å². The van der Waals surface area contributed by atoms with Crippen LogP contribution in [0.5, 0.6) is 5.75 Å². The summed E-state index contributed by atoms with van der Waals surface area (Å²) >= 11 is 0. The first-order chi connectivity index (χ1) is 12.9. The summed E-state index contributed by atoms with van der Waals surface area (Å²) in [6, 6.07) is 11.5. The summed E-state index contributed by atoms with van der Waals surface area (Å²) in [5, 5.41) is 5.27. The molecule has 0 radical (unpaired) electrons. The molecule has 2 unspecified atom stereocenters. The van der Waals surface area contributed by atoms with E-state index in [1.54, 1.807) is 30.3 Å². The van der Waals surface area contributed by atoms with E-state index in [2.05, 4.69) is 10.6 Å². The number of hydrogen-bond acceptors (Lipinski definition) is 3. The molecule has 0 aliphatic rings. The quantitative estimate of drug-likeness (QED) is 0.662. The van der Waals surface area contributed by atoms with Crippen molar-refractivity contribution in [2.75, 3.05) is 5.32 Å². The van der Waals surface area contributed by atoms with Crippen LogP contribution < -0.4 is 21.1 Å². The lowest BCUT2D eigenvalue weighted by Gasteiger charge is -2.22. The van der Waals surface area contributed by atoms with Crippen molar-refractivity contribution in [2.45, 2.75) is 32.9 Å². The Balaban J connectivity index is 2.03. The molecule has 3 amide bonds. The van der Waals surface area contributed by atoms with Gasteiger partial charge in [0, 0.05) is 11.8 Å². The minimum absolute atomic E-state index is 0.0722. The molecule has 2 aromatic carbocycles. The van der Waals surface area contributed by atoms with E-state index in [9.17, 15) is 14.0 Å². The number of ether oxygens (including phenoxy) is 1. The summed E-state index contributed by atoms with van der Waals surface area (Å²) in [5.74, 6) is -0.359. The lowest BCUT2D eigenvalue weighted by molar-refractivity contribution is -0.119. The highest BCUT2D eigenvalue weighted by Gasteiger charge is 2.25. The first-order valence-corrected chi connectivity index (χ1v) is 8.73. The fourth-order valence-corrected chi connectivity index (χ4v) is 2.54. The van der Waals surface area contributed by atoms with Crippen molar-refractivity contribution >= 4 is 17.6 Å². The van der Waals surface area contributed by atoms with Crippen LogP contribution in [0.4, 0.5) is 14.9 Å². The molecule has 2 aromatic rings. The molecule has 0 aliphatic heterocycles. The lowest BCUT2D eigenvalue weighted by Crippen LogP contribution is -2.49. The number of amides is 3. The molecule has 0 heterocycles. The number of anilines is 1. The van der Waals surface area contributed by atoms with E-state index in [0.717, 1.165) is 5.56 Å². The summed E-state index contributed by atoms with van der Waals surface area (Å²) in [6.07, 6.45) is 0.708. The molecule has 2 atom stereocenters. The van der Waals surface area contributed by atoms with Gasteiger partial charge in [-0.1, -0.05) is 38.5 Å². The molecule has 4 N–H and O–H groups in total. The van der Waals surface area contributed by atoms with E-state index in [1.807, 2.05) is 19.9 Å². The molecule has 27 heavy (non-hydrogen) atoms. The van der Waals surface area contributed by atoms with Crippen LogP contribution in [-0.2, 0) is 11.4 Å². The van der Waals surface area contributed by atoms with Crippen LogP contribution in [-0.4, -0.2) is 18.0 Å². The summed E-state index contributed by atoms with van der Waals surface area (Å²) in [7, 11) is 0. The van der Waals surface area contributed by atoms with E-state index in [1.165, 1.54) is 12.1 Å². The molecule has 2 rings (SSSR count). The van der Waals surface area contributed by atoms with Gasteiger partial charge < -0.3 is 21.1 Å². The summed E-state index contributed by atoms with van der Waals surface area (Å²) in [4.78, 5) is 23.7. The maximum Gasteiger partial charge on any atom is 0.312 e. The molecule has 7 heteroatoms. The Labute approximate surface area is 157 Å². The van der Waals surface area contributed by atoms with Crippen molar-refractivity contribution in [1.29, 1.82) is 0 Å². The number of benzene rings is 2. The molecule has 0 aliphatic carbocycles. The number of nitrogens with two attached hydrogens (primary N) is 1. The van der Waals surface area contributed by atoms with Gasteiger partial charge in [0.2, 0.25) is 5.91 Å². The van der Waals surface area contributed by atoms with Crippen LogP contribution in [0, 0.1) is 11.7 Å². The molecule has 6 nitrogen and oxygen atoms in total. The van der Waals surface area contributed by atoms with E-state index in [0.29, 0.717) is 17.9 Å². The lowest BCUT2D eigenvalue weighted by atomic mass is 9.98. The number of urea groups is 1. The average Bonchev–Trinajstić information content (AvgIpc) is 2.64. The topological polar surface area (TPSA) is 93.5 Å². The van der Waals surface area contributed by atoms with Crippen LogP contribution in [0.2, 0.25) is 0 Å². The number of halogens is 1. The number of nitrogens with one attached hydrogen (secondary N) is 2. The predicted molar refractivity (Wildman–Crippen MR) is 102 cm³/mol. The van der Waals surface area contributed by atoms with Gasteiger partial charge in [0.05, 0.1) is 0 Å². The summed E-state index contributed by atoms with van der Waals surface area (Å²) < 4.78 is 18.8. The second-order valence-corrected chi connectivity index (χ2v) is 6.31. The number of primary amides is 1. The van der Waals surface area contributed by atoms with Crippen molar-refractivity contribution in [3.05, 3.63) is 59.9 Å². The van der Waals surface area contributed by atoms with Gasteiger partial charge in [-0.2, -0.15) is 0 Å². The van der Waals surface area contributed by atoms with E-state index >= 15 is 0 Å².